The first-order valence-electron chi connectivity index (χ1n) is 8.48. The maximum atomic E-state index is 12.6. The molecule has 0 fully saturated rings. The van der Waals surface area contributed by atoms with Gasteiger partial charge < -0.3 is 9.47 Å². The van der Waals surface area contributed by atoms with Gasteiger partial charge in [0.1, 0.15) is 5.75 Å². The van der Waals surface area contributed by atoms with E-state index in [2.05, 4.69) is 4.72 Å². The highest BCUT2D eigenvalue weighted by molar-refractivity contribution is 7.92. The van der Waals surface area contributed by atoms with Gasteiger partial charge in [-0.2, -0.15) is 0 Å². The fourth-order valence-electron chi connectivity index (χ4n) is 2.57. The Morgan fingerprint density at radius 3 is 2.24 bits per heavy atom. The van der Waals surface area contributed by atoms with Crippen LogP contribution < -0.4 is 14.2 Å². The van der Waals surface area contributed by atoms with Gasteiger partial charge >= 0.3 is 0 Å². The van der Waals surface area contributed by atoms with Gasteiger partial charge in [-0.25, -0.2) is 8.42 Å². The molecule has 29 heavy (non-hydrogen) atoms. The second-order valence-corrected chi connectivity index (χ2v) is 7.83. The van der Waals surface area contributed by atoms with Crippen LogP contribution in [-0.4, -0.2) is 20.5 Å². The molecule has 0 aromatic heterocycles. The standard InChI is InChI=1S/C20H18N2O6S/c1-14-7-9-18(10-8-14)29(25,26)21-15-11-16(22(23)24)13-17(12-15)28-20-6-4-3-5-19(20)27-2/h3-13,21H,1-2H3. The molecular formula is C20H18N2O6S. The van der Waals surface area contributed by atoms with Crippen LogP contribution >= 0.6 is 0 Å². The minimum Gasteiger partial charge on any atom is -0.493 e. The molecule has 3 aromatic carbocycles. The Morgan fingerprint density at radius 2 is 1.62 bits per heavy atom. The predicted molar refractivity (Wildman–Crippen MR) is 108 cm³/mol. The lowest BCUT2D eigenvalue weighted by Gasteiger charge is -2.12. The van der Waals surface area contributed by atoms with Gasteiger partial charge in [0, 0.05) is 12.1 Å². The zero-order chi connectivity index (χ0) is 21.0. The normalized spacial score (nSPS) is 11.0. The van der Waals surface area contributed by atoms with Crippen molar-refractivity contribution >= 4 is 21.4 Å². The van der Waals surface area contributed by atoms with Crippen LogP contribution in [0.25, 0.3) is 0 Å². The average Bonchev–Trinajstić information content (AvgIpc) is 2.68. The van der Waals surface area contributed by atoms with E-state index in [0.717, 1.165) is 11.6 Å². The maximum Gasteiger partial charge on any atom is 0.275 e. The van der Waals surface area contributed by atoms with Crippen LogP contribution in [0.2, 0.25) is 0 Å². The van der Waals surface area contributed by atoms with Crippen LogP contribution in [0, 0.1) is 17.0 Å². The highest BCUT2D eigenvalue weighted by Crippen LogP contribution is 2.34. The van der Waals surface area contributed by atoms with Crippen LogP contribution in [0.15, 0.2) is 71.6 Å². The predicted octanol–water partition coefficient (Wildman–Crippen LogP) is 4.50. The van der Waals surface area contributed by atoms with Crippen molar-refractivity contribution in [3.05, 3.63) is 82.4 Å². The number of benzene rings is 3. The summed E-state index contributed by atoms with van der Waals surface area (Å²) in [6.07, 6.45) is 0. The molecule has 0 heterocycles. The van der Waals surface area contributed by atoms with E-state index in [-0.39, 0.29) is 22.0 Å². The van der Waals surface area contributed by atoms with E-state index in [1.54, 1.807) is 36.4 Å². The molecule has 1 N–H and O–H groups in total. The van der Waals surface area contributed by atoms with Crippen LogP contribution in [0.5, 0.6) is 17.2 Å². The molecule has 0 radical (unpaired) electrons. The lowest BCUT2D eigenvalue weighted by Crippen LogP contribution is -2.13. The van der Waals surface area contributed by atoms with Gasteiger partial charge in [0.2, 0.25) is 0 Å². The van der Waals surface area contributed by atoms with Crippen LogP contribution in [0.4, 0.5) is 11.4 Å². The highest BCUT2D eigenvalue weighted by Gasteiger charge is 2.18. The summed E-state index contributed by atoms with van der Waals surface area (Å²) in [5, 5.41) is 11.3. The first-order chi connectivity index (χ1) is 13.8. The molecular weight excluding hydrogens is 396 g/mol. The van der Waals surface area contributed by atoms with E-state index in [9.17, 15) is 18.5 Å². The van der Waals surface area contributed by atoms with Crippen LogP contribution in [0.3, 0.4) is 0 Å². The van der Waals surface area contributed by atoms with E-state index in [0.29, 0.717) is 11.5 Å². The summed E-state index contributed by atoms with van der Waals surface area (Å²) in [6.45, 7) is 1.84. The van der Waals surface area contributed by atoms with E-state index in [1.165, 1.54) is 31.4 Å². The summed E-state index contributed by atoms with van der Waals surface area (Å²) < 4.78 is 38.5. The van der Waals surface area contributed by atoms with Crippen molar-refractivity contribution in [2.24, 2.45) is 0 Å². The Labute approximate surface area is 167 Å². The summed E-state index contributed by atoms with van der Waals surface area (Å²) in [6, 6.07) is 16.7. The molecule has 0 saturated heterocycles. The number of nitrogens with zero attached hydrogens (tertiary/aromatic N) is 1. The SMILES string of the molecule is COc1ccccc1Oc1cc(NS(=O)(=O)c2ccc(C)cc2)cc([N+](=O)[O-])c1. The van der Waals surface area contributed by atoms with Crippen molar-refractivity contribution in [2.45, 2.75) is 11.8 Å². The molecule has 9 heteroatoms. The molecule has 0 amide bonds. The van der Waals surface area contributed by atoms with Crippen molar-refractivity contribution in [1.29, 1.82) is 0 Å². The number of hydrogen-bond donors (Lipinski definition) is 1. The quantitative estimate of drug-likeness (QED) is 0.450. The molecule has 0 unspecified atom stereocenters. The highest BCUT2D eigenvalue weighted by atomic mass is 32.2. The third kappa shape index (κ3) is 4.82. The zero-order valence-electron chi connectivity index (χ0n) is 15.7. The van der Waals surface area contributed by atoms with Gasteiger partial charge in [-0.3, -0.25) is 14.8 Å². The van der Waals surface area contributed by atoms with Gasteiger partial charge in [-0.15, -0.1) is 0 Å². The summed E-state index contributed by atoms with van der Waals surface area (Å²) in [7, 11) is -2.46. The van der Waals surface area contributed by atoms with Gasteiger partial charge in [0.25, 0.3) is 15.7 Å². The molecule has 8 nitrogen and oxygen atoms in total. The summed E-state index contributed by atoms with van der Waals surface area (Å²) in [5.74, 6) is 0.855. The Kier molecular flexibility index (Phi) is 5.69. The lowest BCUT2D eigenvalue weighted by molar-refractivity contribution is -0.384. The number of ether oxygens (including phenoxy) is 2. The topological polar surface area (TPSA) is 108 Å². The molecule has 3 aromatic rings. The molecule has 3 rings (SSSR count). The monoisotopic (exact) mass is 414 g/mol. The number of nitro groups is 1. The van der Waals surface area contributed by atoms with E-state index >= 15 is 0 Å². The lowest BCUT2D eigenvalue weighted by atomic mass is 10.2. The van der Waals surface area contributed by atoms with Gasteiger partial charge in [0.05, 0.1) is 28.7 Å². The number of sulfonamides is 1. The van der Waals surface area contributed by atoms with E-state index in [1.807, 2.05) is 6.92 Å². The Hall–Kier alpha value is -3.59. The fourth-order valence-corrected chi connectivity index (χ4v) is 3.61. The first-order valence-corrected chi connectivity index (χ1v) is 9.96. The molecule has 0 spiro atoms. The third-order valence-electron chi connectivity index (χ3n) is 3.98. The second-order valence-electron chi connectivity index (χ2n) is 6.14. The van der Waals surface area contributed by atoms with Crippen molar-refractivity contribution in [2.75, 3.05) is 11.8 Å². The van der Waals surface area contributed by atoms with Crippen molar-refractivity contribution in [1.82, 2.24) is 0 Å². The Bertz CT molecular complexity index is 1140. The van der Waals surface area contributed by atoms with E-state index in [4.69, 9.17) is 9.47 Å². The number of non-ortho nitro benzene ring substituents is 1. The van der Waals surface area contributed by atoms with Crippen molar-refractivity contribution in [3.8, 4) is 17.2 Å². The number of nitro benzene ring substituents is 1. The molecule has 0 atom stereocenters. The molecule has 150 valence electrons. The third-order valence-corrected chi connectivity index (χ3v) is 5.38. The molecule has 0 aliphatic heterocycles. The number of para-hydroxylation sites is 2. The summed E-state index contributed by atoms with van der Waals surface area (Å²) in [4.78, 5) is 10.7. The fraction of sp³-hybridized carbons (Fsp3) is 0.100. The minimum atomic E-state index is -3.93. The smallest absolute Gasteiger partial charge is 0.275 e. The molecule has 0 aliphatic rings. The number of rotatable bonds is 7. The number of aryl methyl sites for hydroxylation is 1. The summed E-state index contributed by atoms with van der Waals surface area (Å²) in [5.41, 5.74) is 0.593. The van der Waals surface area contributed by atoms with Gasteiger partial charge in [-0.1, -0.05) is 29.8 Å². The Balaban J connectivity index is 1.96. The molecule has 0 bridgehead atoms. The average molecular weight is 414 g/mol. The minimum absolute atomic E-state index is 0.00433. The Morgan fingerprint density at radius 1 is 0.966 bits per heavy atom. The zero-order valence-corrected chi connectivity index (χ0v) is 16.5. The van der Waals surface area contributed by atoms with Crippen molar-refractivity contribution in [3.63, 3.8) is 0 Å². The van der Waals surface area contributed by atoms with E-state index < -0.39 is 14.9 Å². The summed E-state index contributed by atoms with van der Waals surface area (Å²) >= 11 is 0. The number of nitrogens with one attached hydrogen (secondary N) is 1. The maximum absolute atomic E-state index is 12.6. The van der Waals surface area contributed by atoms with Crippen LogP contribution in [0.1, 0.15) is 5.56 Å². The number of anilines is 1. The van der Waals surface area contributed by atoms with Gasteiger partial charge in [-0.05, 0) is 31.2 Å². The molecule has 0 saturated carbocycles. The van der Waals surface area contributed by atoms with Crippen molar-refractivity contribution < 1.29 is 22.8 Å². The number of methoxy groups -OCH3 is 1. The molecule has 0 aliphatic carbocycles. The largest absolute Gasteiger partial charge is 0.493 e. The second kappa shape index (κ2) is 8.19. The van der Waals surface area contributed by atoms with Gasteiger partial charge in [0.15, 0.2) is 11.5 Å². The first kappa shape index (κ1) is 20.2. The number of hydrogen-bond acceptors (Lipinski definition) is 6. The van der Waals surface area contributed by atoms with Crippen LogP contribution in [-0.2, 0) is 10.0 Å².